The minimum Gasteiger partial charge on any atom is -0.381 e. The van der Waals surface area contributed by atoms with Gasteiger partial charge in [-0.15, -0.1) is 11.3 Å². The maximum absolute atomic E-state index is 13.5. The molecule has 5 rings (SSSR count). The van der Waals surface area contributed by atoms with Crippen LogP contribution in [0, 0.1) is 11.8 Å². The van der Waals surface area contributed by atoms with E-state index in [1.807, 2.05) is 18.6 Å². The van der Waals surface area contributed by atoms with Crippen LogP contribution in [0.1, 0.15) is 36.9 Å². The molecule has 1 amide bonds. The largest absolute Gasteiger partial charge is 0.381 e. The number of nitrogens with zero attached hydrogens (tertiary/aromatic N) is 4. The summed E-state index contributed by atoms with van der Waals surface area (Å²) in [7, 11) is 2.04. The minimum atomic E-state index is 0.103. The number of likely N-dealkylation sites (N-methyl/N-ethyl adjacent to an activating group) is 1. The molecule has 0 radical (unpaired) electrons. The highest BCUT2D eigenvalue weighted by Crippen LogP contribution is 2.29. The zero-order valence-corrected chi connectivity index (χ0v) is 21.4. The van der Waals surface area contributed by atoms with Crippen LogP contribution in [-0.2, 0) is 22.5 Å². The third kappa shape index (κ3) is 5.85. The number of carbonyl (C=O) groups excluding carboxylic acids is 1. The van der Waals surface area contributed by atoms with E-state index in [1.165, 1.54) is 11.3 Å². The molecular formula is C28H36N4O2S. The maximum Gasteiger partial charge on any atom is 0.225 e. The highest BCUT2D eigenvalue weighted by atomic mass is 32.1. The summed E-state index contributed by atoms with van der Waals surface area (Å²) in [6, 6.07) is 15.2. The van der Waals surface area contributed by atoms with Gasteiger partial charge in [0, 0.05) is 62.2 Å². The molecule has 2 aliphatic rings. The molecule has 2 saturated heterocycles. The normalized spacial score (nSPS) is 19.0. The molecule has 1 aromatic carbocycles. The molecule has 0 aliphatic carbocycles. The summed E-state index contributed by atoms with van der Waals surface area (Å²) in [6.07, 6.45) is 8.80. The quantitative estimate of drug-likeness (QED) is 0.460. The molecule has 2 fully saturated rings. The molecular weight excluding hydrogens is 456 g/mol. The molecule has 0 saturated carbocycles. The monoisotopic (exact) mass is 492 g/mol. The molecule has 3 aromatic rings. The van der Waals surface area contributed by atoms with Crippen molar-refractivity contribution < 1.29 is 9.53 Å². The zero-order valence-electron chi connectivity index (χ0n) is 20.6. The van der Waals surface area contributed by atoms with Crippen molar-refractivity contribution in [3.63, 3.8) is 0 Å². The van der Waals surface area contributed by atoms with Crippen LogP contribution in [0.5, 0.6) is 0 Å². The minimum absolute atomic E-state index is 0.103. The number of carbonyl (C=O) groups is 1. The van der Waals surface area contributed by atoms with Crippen molar-refractivity contribution in [3.05, 3.63) is 71.5 Å². The number of aromatic nitrogens is 2. The van der Waals surface area contributed by atoms with Crippen LogP contribution in [0.15, 0.2) is 60.2 Å². The molecule has 186 valence electrons. The van der Waals surface area contributed by atoms with Gasteiger partial charge < -0.3 is 9.64 Å². The third-order valence-corrected chi connectivity index (χ3v) is 8.49. The Balaban J connectivity index is 1.25. The molecule has 0 bridgehead atoms. The summed E-state index contributed by atoms with van der Waals surface area (Å²) >= 11 is 1.67. The summed E-state index contributed by atoms with van der Waals surface area (Å²) in [6.45, 7) is 4.44. The SMILES string of the molecule is CN(C(=O)C1CCOCC1)C(Cc1ccccc1)C1CCN(Cc2cccn2-c2nccs2)CC1. The number of hydrogen-bond acceptors (Lipinski definition) is 5. The second-order valence-electron chi connectivity index (χ2n) is 9.89. The van der Waals surface area contributed by atoms with E-state index in [1.54, 1.807) is 11.3 Å². The van der Waals surface area contributed by atoms with Gasteiger partial charge in [-0.05, 0) is 68.8 Å². The average Bonchev–Trinajstić information content (AvgIpc) is 3.60. The van der Waals surface area contributed by atoms with E-state index < -0.39 is 0 Å². The van der Waals surface area contributed by atoms with Gasteiger partial charge in [-0.2, -0.15) is 0 Å². The second-order valence-corrected chi connectivity index (χ2v) is 10.8. The van der Waals surface area contributed by atoms with Crippen molar-refractivity contribution in [2.75, 3.05) is 33.4 Å². The van der Waals surface area contributed by atoms with Crippen LogP contribution in [0.4, 0.5) is 0 Å². The molecule has 1 unspecified atom stereocenters. The summed E-state index contributed by atoms with van der Waals surface area (Å²) in [4.78, 5) is 22.6. The molecule has 1 atom stereocenters. The van der Waals surface area contributed by atoms with E-state index in [0.717, 1.165) is 56.9 Å². The van der Waals surface area contributed by atoms with Crippen molar-refractivity contribution >= 4 is 17.2 Å². The Morgan fingerprint density at radius 1 is 1.11 bits per heavy atom. The maximum atomic E-state index is 13.5. The Labute approximate surface area is 212 Å². The van der Waals surface area contributed by atoms with Gasteiger partial charge in [0.05, 0.1) is 0 Å². The lowest BCUT2D eigenvalue weighted by Crippen LogP contribution is -2.49. The van der Waals surface area contributed by atoms with Crippen LogP contribution in [0.3, 0.4) is 0 Å². The predicted octanol–water partition coefficient (Wildman–Crippen LogP) is 4.64. The van der Waals surface area contributed by atoms with Crippen molar-refractivity contribution in [2.24, 2.45) is 11.8 Å². The molecule has 4 heterocycles. The van der Waals surface area contributed by atoms with Crippen molar-refractivity contribution in [1.82, 2.24) is 19.4 Å². The van der Waals surface area contributed by atoms with Gasteiger partial charge >= 0.3 is 0 Å². The highest BCUT2D eigenvalue weighted by Gasteiger charge is 2.34. The van der Waals surface area contributed by atoms with Crippen molar-refractivity contribution in [3.8, 4) is 5.13 Å². The number of piperidine rings is 1. The van der Waals surface area contributed by atoms with Crippen molar-refractivity contribution in [1.29, 1.82) is 0 Å². The number of thiazole rings is 1. The Hall–Kier alpha value is -2.48. The Bertz CT molecular complexity index is 1050. The van der Waals surface area contributed by atoms with Gasteiger partial charge in [-0.1, -0.05) is 30.3 Å². The van der Waals surface area contributed by atoms with Crippen LogP contribution in [-0.4, -0.2) is 64.7 Å². The first-order chi connectivity index (χ1) is 17.2. The topological polar surface area (TPSA) is 50.6 Å². The first kappa shape index (κ1) is 24.2. The summed E-state index contributed by atoms with van der Waals surface area (Å²) in [5.74, 6) is 0.912. The fraction of sp³-hybridized carbons (Fsp3) is 0.500. The first-order valence-corrected chi connectivity index (χ1v) is 13.7. The number of ether oxygens (including phenoxy) is 1. The molecule has 7 heteroatoms. The predicted molar refractivity (Wildman–Crippen MR) is 140 cm³/mol. The summed E-state index contributed by atoms with van der Waals surface area (Å²) < 4.78 is 7.71. The molecule has 35 heavy (non-hydrogen) atoms. The number of rotatable bonds is 8. The average molecular weight is 493 g/mol. The van der Waals surface area contributed by atoms with E-state index in [9.17, 15) is 4.79 Å². The fourth-order valence-electron chi connectivity index (χ4n) is 5.66. The van der Waals surface area contributed by atoms with Crippen molar-refractivity contribution in [2.45, 2.75) is 44.7 Å². The number of amides is 1. The Kier molecular flexibility index (Phi) is 7.96. The number of hydrogen-bond donors (Lipinski definition) is 0. The van der Waals surface area contributed by atoms with Crippen LogP contribution < -0.4 is 0 Å². The smallest absolute Gasteiger partial charge is 0.225 e. The zero-order chi connectivity index (χ0) is 24.0. The van der Waals surface area contributed by atoms with E-state index in [2.05, 4.69) is 68.0 Å². The highest BCUT2D eigenvalue weighted by molar-refractivity contribution is 7.12. The van der Waals surface area contributed by atoms with E-state index in [-0.39, 0.29) is 12.0 Å². The number of likely N-dealkylation sites (tertiary alicyclic amines) is 1. The van der Waals surface area contributed by atoms with Gasteiger partial charge in [-0.25, -0.2) is 4.98 Å². The van der Waals surface area contributed by atoms with Crippen LogP contribution >= 0.6 is 11.3 Å². The molecule has 0 N–H and O–H groups in total. The van der Waals surface area contributed by atoms with Gasteiger partial charge in [0.1, 0.15) is 0 Å². The van der Waals surface area contributed by atoms with Gasteiger partial charge in [0.2, 0.25) is 5.91 Å². The first-order valence-electron chi connectivity index (χ1n) is 12.9. The van der Waals surface area contributed by atoms with Crippen LogP contribution in [0.25, 0.3) is 5.13 Å². The van der Waals surface area contributed by atoms with E-state index >= 15 is 0 Å². The summed E-state index contributed by atoms with van der Waals surface area (Å²) in [5, 5.41) is 3.05. The van der Waals surface area contributed by atoms with Gasteiger partial charge in [-0.3, -0.25) is 14.3 Å². The lowest BCUT2D eigenvalue weighted by atomic mass is 9.84. The van der Waals surface area contributed by atoms with Gasteiger partial charge in [0.15, 0.2) is 5.13 Å². The summed E-state index contributed by atoms with van der Waals surface area (Å²) in [5.41, 5.74) is 2.60. The Morgan fingerprint density at radius 2 is 1.89 bits per heavy atom. The standard InChI is InChI=1S/C28H36N4O2S/c1-30(27(33)24-11-17-34-18-12-24)26(20-22-6-3-2-4-7-22)23-9-15-31(16-10-23)21-25-8-5-14-32(25)28-29-13-19-35-28/h2-8,13-14,19,23-24,26H,9-12,15-18,20-21H2,1H3. The molecule has 6 nitrogen and oxygen atoms in total. The molecule has 2 aliphatic heterocycles. The third-order valence-electron chi connectivity index (χ3n) is 7.72. The fourth-order valence-corrected chi connectivity index (χ4v) is 6.32. The Morgan fingerprint density at radius 3 is 2.60 bits per heavy atom. The number of benzene rings is 1. The van der Waals surface area contributed by atoms with Gasteiger partial charge in [0.25, 0.3) is 0 Å². The lowest BCUT2D eigenvalue weighted by molar-refractivity contribution is -0.140. The second kappa shape index (κ2) is 11.5. The van der Waals surface area contributed by atoms with E-state index in [0.29, 0.717) is 25.0 Å². The molecule has 2 aromatic heterocycles. The molecule has 0 spiro atoms. The lowest BCUT2D eigenvalue weighted by Gasteiger charge is -2.41. The van der Waals surface area contributed by atoms with E-state index in [4.69, 9.17) is 4.74 Å². The van der Waals surface area contributed by atoms with Crippen LogP contribution in [0.2, 0.25) is 0 Å².